The van der Waals surface area contributed by atoms with Crippen molar-refractivity contribution in [3.8, 4) is 0 Å². The maximum Gasteiger partial charge on any atom is 0.000652 e. The third-order valence-electron chi connectivity index (χ3n) is 2.54. The van der Waals surface area contributed by atoms with Crippen LogP contribution in [0.4, 0.5) is 0 Å². The number of likely N-dealkylation sites (tertiary alicyclic amines) is 1. The van der Waals surface area contributed by atoms with Crippen LogP contribution in [-0.4, -0.2) is 25.0 Å². The lowest BCUT2D eigenvalue weighted by atomic mass is 9.89. The van der Waals surface area contributed by atoms with Gasteiger partial charge in [0.25, 0.3) is 0 Å². The molecule has 0 aliphatic carbocycles. The van der Waals surface area contributed by atoms with Crippen LogP contribution in [-0.2, 0) is 0 Å². The van der Waals surface area contributed by atoms with Crippen LogP contribution in [0.5, 0.6) is 0 Å². The largest absolute Gasteiger partial charge is 0.306 e. The first-order chi connectivity index (χ1) is 4.20. The zero-order valence-electron chi connectivity index (χ0n) is 6.72. The van der Waals surface area contributed by atoms with Gasteiger partial charge in [0, 0.05) is 6.54 Å². The molecule has 1 fully saturated rings. The highest BCUT2D eigenvalue weighted by Gasteiger charge is 2.19. The zero-order valence-corrected chi connectivity index (χ0v) is 6.72. The van der Waals surface area contributed by atoms with Crippen molar-refractivity contribution >= 4 is 0 Å². The van der Waals surface area contributed by atoms with E-state index >= 15 is 0 Å². The van der Waals surface area contributed by atoms with Gasteiger partial charge < -0.3 is 4.90 Å². The summed E-state index contributed by atoms with van der Waals surface area (Å²) in [7, 11) is 2.21. The van der Waals surface area contributed by atoms with E-state index in [1.165, 1.54) is 19.5 Å². The SMILES string of the molecule is CC1CCN(C)CC1C. The number of rotatable bonds is 0. The molecule has 0 amide bonds. The molecule has 0 aromatic rings. The minimum atomic E-state index is 0.906. The maximum atomic E-state index is 2.42. The standard InChI is InChI=1S/C8H17N/c1-7-4-5-9(3)6-8(7)2/h7-8H,4-6H2,1-3H3. The van der Waals surface area contributed by atoms with Crippen molar-refractivity contribution in [2.24, 2.45) is 11.8 Å². The Balaban J connectivity index is 2.35. The zero-order chi connectivity index (χ0) is 6.85. The molecule has 2 atom stereocenters. The first-order valence-electron chi connectivity index (χ1n) is 3.88. The molecule has 0 spiro atoms. The Morgan fingerprint density at radius 3 is 2.33 bits per heavy atom. The number of hydrogen-bond donors (Lipinski definition) is 0. The lowest BCUT2D eigenvalue weighted by Crippen LogP contribution is -2.35. The average molecular weight is 127 g/mol. The normalized spacial score (nSPS) is 39.0. The highest BCUT2D eigenvalue weighted by molar-refractivity contribution is 4.72. The molecule has 1 saturated heterocycles. The first-order valence-corrected chi connectivity index (χ1v) is 3.88. The molecule has 0 aromatic heterocycles. The van der Waals surface area contributed by atoms with Crippen molar-refractivity contribution in [3.63, 3.8) is 0 Å². The quantitative estimate of drug-likeness (QED) is 0.477. The summed E-state index contributed by atoms with van der Waals surface area (Å²) in [6, 6.07) is 0. The van der Waals surface area contributed by atoms with E-state index < -0.39 is 0 Å². The van der Waals surface area contributed by atoms with E-state index in [0.717, 1.165) is 11.8 Å². The number of nitrogens with zero attached hydrogens (tertiary/aromatic N) is 1. The summed E-state index contributed by atoms with van der Waals surface area (Å²) in [5, 5.41) is 0. The predicted octanol–water partition coefficient (Wildman–Crippen LogP) is 1.59. The Morgan fingerprint density at radius 2 is 1.89 bits per heavy atom. The molecule has 0 radical (unpaired) electrons. The van der Waals surface area contributed by atoms with Crippen molar-refractivity contribution in [2.45, 2.75) is 20.3 Å². The molecule has 0 N–H and O–H groups in total. The molecule has 1 rings (SSSR count). The van der Waals surface area contributed by atoms with Gasteiger partial charge in [0.2, 0.25) is 0 Å². The highest BCUT2D eigenvalue weighted by atomic mass is 15.1. The van der Waals surface area contributed by atoms with Gasteiger partial charge in [0.15, 0.2) is 0 Å². The third-order valence-corrected chi connectivity index (χ3v) is 2.54. The van der Waals surface area contributed by atoms with Crippen molar-refractivity contribution in [1.29, 1.82) is 0 Å². The van der Waals surface area contributed by atoms with Crippen molar-refractivity contribution in [3.05, 3.63) is 0 Å². The summed E-state index contributed by atoms with van der Waals surface area (Å²) >= 11 is 0. The van der Waals surface area contributed by atoms with Crippen LogP contribution in [0.25, 0.3) is 0 Å². The average Bonchev–Trinajstić information content (AvgIpc) is 1.80. The predicted molar refractivity (Wildman–Crippen MR) is 40.4 cm³/mol. The third kappa shape index (κ3) is 1.68. The Morgan fingerprint density at radius 1 is 1.22 bits per heavy atom. The van der Waals surface area contributed by atoms with E-state index in [9.17, 15) is 0 Å². The summed E-state index contributed by atoms with van der Waals surface area (Å²) in [6.45, 7) is 7.30. The van der Waals surface area contributed by atoms with Gasteiger partial charge in [-0.2, -0.15) is 0 Å². The summed E-state index contributed by atoms with van der Waals surface area (Å²) in [5.74, 6) is 1.85. The lowest BCUT2D eigenvalue weighted by Gasteiger charge is -2.32. The molecule has 1 aliphatic heterocycles. The fourth-order valence-electron chi connectivity index (χ4n) is 1.47. The fraction of sp³-hybridized carbons (Fsp3) is 1.00. The van der Waals surface area contributed by atoms with Crippen LogP contribution in [0, 0.1) is 11.8 Å². The topological polar surface area (TPSA) is 3.24 Å². The summed E-state index contributed by atoms with van der Waals surface area (Å²) in [5.41, 5.74) is 0. The van der Waals surface area contributed by atoms with Gasteiger partial charge in [0.1, 0.15) is 0 Å². The van der Waals surface area contributed by atoms with E-state index in [2.05, 4.69) is 25.8 Å². The van der Waals surface area contributed by atoms with E-state index in [-0.39, 0.29) is 0 Å². The Bertz CT molecular complexity index is 90.6. The van der Waals surface area contributed by atoms with Gasteiger partial charge >= 0.3 is 0 Å². The van der Waals surface area contributed by atoms with Crippen LogP contribution < -0.4 is 0 Å². The second-order valence-electron chi connectivity index (χ2n) is 3.51. The second kappa shape index (κ2) is 2.70. The van der Waals surface area contributed by atoms with E-state index in [1.54, 1.807) is 0 Å². The molecule has 2 unspecified atom stereocenters. The molecular weight excluding hydrogens is 110 g/mol. The highest BCUT2D eigenvalue weighted by Crippen LogP contribution is 2.20. The van der Waals surface area contributed by atoms with E-state index in [0.29, 0.717) is 0 Å². The molecule has 54 valence electrons. The smallest absolute Gasteiger partial charge is 0.000652 e. The van der Waals surface area contributed by atoms with Gasteiger partial charge in [-0.3, -0.25) is 0 Å². The Labute approximate surface area is 58.0 Å². The van der Waals surface area contributed by atoms with Crippen LogP contribution in [0.1, 0.15) is 20.3 Å². The van der Waals surface area contributed by atoms with Crippen LogP contribution in [0.2, 0.25) is 0 Å². The Hall–Kier alpha value is -0.0400. The van der Waals surface area contributed by atoms with Gasteiger partial charge in [-0.05, 0) is 31.8 Å². The molecule has 1 aliphatic rings. The van der Waals surface area contributed by atoms with Crippen molar-refractivity contribution in [2.75, 3.05) is 20.1 Å². The molecular formula is C8H17N. The summed E-state index contributed by atoms with van der Waals surface area (Å²) in [6.07, 6.45) is 1.39. The molecule has 0 saturated carbocycles. The fourth-order valence-corrected chi connectivity index (χ4v) is 1.47. The molecule has 1 heteroatoms. The number of hydrogen-bond acceptors (Lipinski definition) is 1. The maximum absolute atomic E-state index is 2.42. The van der Waals surface area contributed by atoms with Crippen molar-refractivity contribution < 1.29 is 0 Å². The van der Waals surface area contributed by atoms with Gasteiger partial charge in [-0.15, -0.1) is 0 Å². The van der Waals surface area contributed by atoms with Gasteiger partial charge in [-0.25, -0.2) is 0 Å². The monoisotopic (exact) mass is 127 g/mol. The lowest BCUT2D eigenvalue weighted by molar-refractivity contribution is 0.166. The molecule has 0 bridgehead atoms. The van der Waals surface area contributed by atoms with Crippen LogP contribution in [0.15, 0.2) is 0 Å². The second-order valence-corrected chi connectivity index (χ2v) is 3.51. The van der Waals surface area contributed by atoms with Crippen LogP contribution >= 0.6 is 0 Å². The number of piperidine rings is 1. The van der Waals surface area contributed by atoms with Gasteiger partial charge in [-0.1, -0.05) is 13.8 Å². The Kier molecular flexibility index (Phi) is 2.12. The van der Waals surface area contributed by atoms with Gasteiger partial charge in [0.05, 0.1) is 0 Å². The van der Waals surface area contributed by atoms with E-state index in [1.807, 2.05) is 0 Å². The molecule has 0 aromatic carbocycles. The van der Waals surface area contributed by atoms with Crippen LogP contribution in [0.3, 0.4) is 0 Å². The van der Waals surface area contributed by atoms with Crippen molar-refractivity contribution in [1.82, 2.24) is 4.90 Å². The first kappa shape index (κ1) is 7.07. The summed E-state index contributed by atoms with van der Waals surface area (Å²) in [4.78, 5) is 2.42. The molecule has 1 heterocycles. The minimum absolute atomic E-state index is 0.906. The minimum Gasteiger partial charge on any atom is -0.306 e. The summed E-state index contributed by atoms with van der Waals surface area (Å²) < 4.78 is 0. The molecule has 9 heavy (non-hydrogen) atoms. The molecule has 1 nitrogen and oxygen atoms in total. The van der Waals surface area contributed by atoms with E-state index in [4.69, 9.17) is 0 Å².